The summed E-state index contributed by atoms with van der Waals surface area (Å²) in [6, 6.07) is 0. The summed E-state index contributed by atoms with van der Waals surface area (Å²) in [6.07, 6.45) is 7.80. The quantitative estimate of drug-likeness (QED) is 0.518. The number of nitrogens with two attached hydrogens (primary N) is 1. The largest absolute Gasteiger partial charge is 0.394 e. The Bertz CT molecular complexity index is 726. The van der Waals surface area contributed by atoms with Gasteiger partial charge in [-0.25, -0.2) is 4.79 Å². The molecule has 0 aliphatic carbocycles. The van der Waals surface area contributed by atoms with Gasteiger partial charge >= 0.3 is 5.69 Å². The Kier molecular flexibility index (Phi) is 6.39. The van der Waals surface area contributed by atoms with Crippen LogP contribution in [0.1, 0.15) is 43.9 Å². The van der Waals surface area contributed by atoms with Crippen LogP contribution in [-0.4, -0.2) is 38.6 Å². The van der Waals surface area contributed by atoms with E-state index in [2.05, 4.69) is 22.7 Å². The van der Waals surface area contributed by atoms with Gasteiger partial charge in [-0.15, -0.1) is 12.3 Å². The molecule has 1 aliphatic heterocycles. The number of terminal acetylenes is 1. The fraction of sp³-hybridized carbons (Fsp3) is 0.529. The van der Waals surface area contributed by atoms with Crippen LogP contribution in [0.15, 0.2) is 11.0 Å². The van der Waals surface area contributed by atoms with Gasteiger partial charge in [-0.3, -0.25) is 4.57 Å². The summed E-state index contributed by atoms with van der Waals surface area (Å²) in [4.78, 5) is 15.8. The number of aliphatic hydroxyl groups excluding tert-OH is 2. The van der Waals surface area contributed by atoms with E-state index in [1.807, 2.05) is 0 Å². The number of anilines is 1. The number of aliphatic hydroxyl groups is 2. The molecular weight excluding hydrogens is 310 g/mol. The second kappa shape index (κ2) is 8.51. The molecule has 1 aromatic heterocycles. The molecule has 4 N–H and O–H groups in total. The molecule has 7 nitrogen and oxygen atoms in total. The lowest BCUT2D eigenvalue weighted by molar-refractivity contribution is -0.0458. The topological polar surface area (TPSA) is 111 Å². The zero-order chi connectivity index (χ0) is 17.5. The molecule has 1 aliphatic rings. The maximum atomic E-state index is 12.0. The van der Waals surface area contributed by atoms with Crippen molar-refractivity contribution in [1.29, 1.82) is 0 Å². The summed E-state index contributed by atoms with van der Waals surface area (Å²) in [5, 5.41) is 18.9. The van der Waals surface area contributed by atoms with E-state index in [0.717, 1.165) is 19.3 Å². The average molecular weight is 331 g/mol. The van der Waals surface area contributed by atoms with Gasteiger partial charge in [0.15, 0.2) is 0 Å². The van der Waals surface area contributed by atoms with Gasteiger partial charge in [0.2, 0.25) is 0 Å². The van der Waals surface area contributed by atoms with Crippen molar-refractivity contribution in [1.82, 2.24) is 9.55 Å². The van der Waals surface area contributed by atoms with Crippen molar-refractivity contribution in [3.05, 3.63) is 22.2 Å². The van der Waals surface area contributed by atoms with Gasteiger partial charge in [-0.2, -0.15) is 4.98 Å². The fourth-order valence-electron chi connectivity index (χ4n) is 2.43. The van der Waals surface area contributed by atoms with Crippen LogP contribution in [0.5, 0.6) is 0 Å². The second-order valence-electron chi connectivity index (χ2n) is 5.56. The first kappa shape index (κ1) is 18.0. The number of hydrogen-bond acceptors (Lipinski definition) is 6. The van der Waals surface area contributed by atoms with Gasteiger partial charge in [0.1, 0.15) is 18.1 Å². The number of hydrogen-bond donors (Lipinski definition) is 3. The molecule has 2 heterocycles. The number of unbranched alkanes of at least 4 members (excludes halogenated alkanes) is 3. The van der Waals surface area contributed by atoms with Crippen molar-refractivity contribution in [3.63, 3.8) is 0 Å². The summed E-state index contributed by atoms with van der Waals surface area (Å²) in [5.41, 5.74) is 5.60. The summed E-state index contributed by atoms with van der Waals surface area (Å²) in [6.45, 7) is -0.320. The highest BCUT2D eigenvalue weighted by Gasteiger charge is 2.35. The Morgan fingerprint density at radius 1 is 1.46 bits per heavy atom. The molecule has 0 aromatic carbocycles. The van der Waals surface area contributed by atoms with Crippen LogP contribution in [0, 0.1) is 24.2 Å². The van der Waals surface area contributed by atoms with Crippen LogP contribution in [0.25, 0.3) is 0 Å². The number of nitrogens with zero attached hydrogens (tertiary/aromatic N) is 2. The van der Waals surface area contributed by atoms with Gasteiger partial charge in [0.05, 0.1) is 18.3 Å². The third-order valence-corrected chi connectivity index (χ3v) is 3.77. The fourth-order valence-corrected chi connectivity index (χ4v) is 2.43. The van der Waals surface area contributed by atoms with Crippen molar-refractivity contribution in [2.45, 2.75) is 50.5 Å². The minimum atomic E-state index is -0.838. The molecule has 1 fully saturated rings. The summed E-state index contributed by atoms with van der Waals surface area (Å²) >= 11 is 0. The second-order valence-corrected chi connectivity index (χ2v) is 5.56. The first-order valence-corrected chi connectivity index (χ1v) is 7.82. The van der Waals surface area contributed by atoms with Gasteiger partial charge in [0, 0.05) is 25.5 Å². The third-order valence-electron chi connectivity index (χ3n) is 3.77. The standard InChI is InChI=1S/C17H21N3O4/c1-2-3-4-5-6-7-8-12-10-20(17(23)19-16(12)18)15-9-13(22)14(11-21)24-15/h1,10,13-15,21-22H,3-6,9,11H2,(H2,18,19,23)/t13-,14-,15-/m1/s1. The Morgan fingerprint density at radius 2 is 2.21 bits per heavy atom. The van der Waals surface area contributed by atoms with Crippen molar-refractivity contribution < 1.29 is 14.9 Å². The van der Waals surface area contributed by atoms with Crippen molar-refractivity contribution in [3.8, 4) is 24.2 Å². The molecule has 7 heteroatoms. The molecular formula is C17H21N3O4. The van der Waals surface area contributed by atoms with Crippen LogP contribution >= 0.6 is 0 Å². The van der Waals surface area contributed by atoms with Gasteiger partial charge in [-0.1, -0.05) is 11.8 Å². The van der Waals surface area contributed by atoms with E-state index in [1.165, 1.54) is 10.8 Å². The van der Waals surface area contributed by atoms with Crippen LogP contribution in [0.3, 0.4) is 0 Å². The van der Waals surface area contributed by atoms with E-state index in [0.29, 0.717) is 12.0 Å². The molecule has 0 unspecified atom stereocenters. The lowest BCUT2D eigenvalue weighted by Gasteiger charge is -2.14. The highest BCUT2D eigenvalue weighted by atomic mass is 16.5. The minimum absolute atomic E-state index is 0.0598. The maximum Gasteiger partial charge on any atom is 0.351 e. The van der Waals surface area contributed by atoms with Crippen molar-refractivity contribution >= 4 is 5.82 Å². The molecule has 0 saturated carbocycles. The van der Waals surface area contributed by atoms with Crippen molar-refractivity contribution in [2.75, 3.05) is 12.3 Å². The molecule has 0 spiro atoms. The molecule has 0 radical (unpaired) electrons. The molecule has 1 aromatic rings. The molecule has 0 bridgehead atoms. The minimum Gasteiger partial charge on any atom is -0.394 e. The maximum absolute atomic E-state index is 12.0. The predicted molar refractivity (Wildman–Crippen MR) is 88.7 cm³/mol. The van der Waals surface area contributed by atoms with Crippen LogP contribution in [-0.2, 0) is 4.74 Å². The van der Waals surface area contributed by atoms with E-state index in [4.69, 9.17) is 22.0 Å². The first-order chi connectivity index (χ1) is 11.6. The van der Waals surface area contributed by atoms with Crippen LogP contribution in [0.4, 0.5) is 5.82 Å². The molecule has 128 valence electrons. The Balaban J connectivity index is 2.13. The van der Waals surface area contributed by atoms with Crippen LogP contribution < -0.4 is 11.4 Å². The number of rotatable bonds is 5. The van der Waals surface area contributed by atoms with Gasteiger partial charge < -0.3 is 20.7 Å². The molecule has 3 atom stereocenters. The molecule has 0 amide bonds. The molecule has 1 saturated heterocycles. The third kappa shape index (κ3) is 4.36. The average Bonchev–Trinajstić information content (AvgIpc) is 2.93. The zero-order valence-electron chi connectivity index (χ0n) is 13.3. The van der Waals surface area contributed by atoms with Gasteiger partial charge in [0.25, 0.3) is 0 Å². The number of nitrogen functional groups attached to an aromatic ring is 1. The zero-order valence-corrected chi connectivity index (χ0v) is 13.3. The number of aromatic nitrogens is 2. The van der Waals surface area contributed by atoms with E-state index in [9.17, 15) is 9.90 Å². The predicted octanol–water partition coefficient (Wildman–Crippen LogP) is 0.0113. The Labute approximate surface area is 140 Å². The lowest BCUT2D eigenvalue weighted by Crippen LogP contribution is -2.28. The van der Waals surface area contributed by atoms with Gasteiger partial charge in [-0.05, 0) is 12.8 Å². The number of ether oxygens (including phenoxy) is 1. The smallest absolute Gasteiger partial charge is 0.351 e. The normalized spacial score (nSPS) is 22.6. The summed E-state index contributed by atoms with van der Waals surface area (Å²) in [7, 11) is 0. The molecule has 24 heavy (non-hydrogen) atoms. The monoisotopic (exact) mass is 331 g/mol. The lowest BCUT2D eigenvalue weighted by atomic mass is 10.2. The van der Waals surface area contributed by atoms with Crippen molar-refractivity contribution in [2.24, 2.45) is 0 Å². The van der Waals surface area contributed by atoms with E-state index < -0.39 is 24.1 Å². The highest BCUT2D eigenvalue weighted by Crippen LogP contribution is 2.27. The Morgan fingerprint density at radius 3 is 2.88 bits per heavy atom. The van der Waals surface area contributed by atoms with E-state index in [1.54, 1.807) is 0 Å². The van der Waals surface area contributed by atoms with E-state index in [-0.39, 0.29) is 18.8 Å². The first-order valence-electron chi connectivity index (χ1n) is 7.82. The highest BCUT2D eigenvalue weighted by molar-refractivity contribution is 5.48. The summed E-state index contributed by atoms with van der Waals surface area (Å²) in [5.74, 6) is 8.52. The summed E-state index contributed by atoms with van der Waals surface area (Å²) < 4.78 is 6.72. The van der Waals surface area contributed by atoms with E-state index >= 15 is 0 Å². The SMILES string of the molecule is C#CCCCCC#Cc1cn([C@H]2C[C@@H](O)[C@@H](CO)O2)c(=O)nc1N. The molecule has 2 rings (SSSR count). The van der Waals surface area contributed by atoms with Crippen LogP contribution in [0.2, 0.25) is 0 Å². The Hall–Kier alpha value is -2.32.